The van der Waals surface area contributed by atoms with Crippen molar-refractivity contribution in [2.75, 3.05) is 53.2 Å². The highest BCUT2D eigenvalue weighted by molar-refractivity contribution is 6.30. The van der Waals surface area contributed by atoms with Gasteiger partial charge in [0, 0.05) is 31.2 Å². The molecule has 0 aliphatic carbocycles. The first-order chi connectivity index (χ1) is 14.7. The average molecular weight is 468 g/mol. The molecule has 2 heterocycles. The fourth-order valence-electron chi connectivity index (χ4n) is 4.01. The molecule has 31 heavy (non-hydrogen) atoms. The van der Waals surface area contributed by atoms with Crippen LogP contribution in [0.4, 0.5) is 13.2 Å². The number of halogens is 4. The summed E-state index contributed by atoms with van der Waals surface area (Å²) >= 11 is 5.89. The largest absolute Gasteiger partial charge is 0.492 e. The molecule has 0 saturated carbocycles. The lowest BCUT2D eigenvalue weighted by atomic mass is 9.66. The molecule has 2 aliphatic rings. The summed E-state index contributed by atoms with van der Waals surface area (Å²) < 4.78 is 48.7. The fraction of sp³-hybridized carbons (Fsp3) is 0.667. The molecule has 2 aliphatic heterocycles. The van der Waals surface area contributed by atoms with Crippen molar-refractivity contribution >= 4 is 17.6 Å². The molecule has 10 heteroatoms. The van der Waals surface area contributed by atoms with Crippen molar-refractivity contribution in [3.8, 4) is 5.75 Å². The maximum absolute atomic E-state index is 10.6. The maximum Gasteiger partial charge on any atom is 0.490 e. The summed E-state index contributed by atoms with van der Waals surface area (Å²) in [7, 11) is 1.80. The maximum atomic E-state index is 10.6. The third-order valence-corrected chi connectivity index (χ3v) is 6.13. The number of hydrogen-bond acceptors (Lipinski definition) is 5. The molecule has 1 unspecified atom stereocenters. The van der Waals surface area contributed by atoms with Crippen LogP contribution in [-0.4, -0.2) is 75.3 Å². The second kappa shape index (κ2) is 11.9. The first-order valence-corrected chi connectivity index (χ1v) is 10.5. The number of nitrogens with zero attached hydrogens (tertiary/aromatic N) is 1. The van der Waals surface area contributed by atoms with Gasteiger partial charge >= 0.3 is 12.1 Å². The molecule has 0 aromatic heterocycles. The van der Waals surface area contributed by atoms with Crippen LogP contribution in [0.25, 0.3) is 0 Å². The van der Waals surface area contributed by atoms with E-state index in [1.54, 1.807) is 7.11 Å². The summed E-state index contributed by atoms with van der Waals surface area (Å²) in [6.07, 6.45) is -1.42. The topological polar surface area (TPSA) is 68.2 Å². The third kappa shape index (κ3) is 8.14. The van der Waals surface area contributed by atoms with E-state index in [0.29, 0.717) is 11.3 Å². The van der Waals surface area contributed by atoms with Crippen molar-refractivity contribution in [2.45, 2.75) is 25.4 Å². The lowest BCUT2D eigenvalue weighted by Crippen LogP contribution is -2.49. The summed E-state index contributed by atoms with van der Waals surface area (Å²) in [6.45, 7) is 6.56. The molecule has 1 N–H and O–H groups in total. The first-order valence-electron chi connectivity index (χ1n) is 10.1. The number of ether oxygens (including phenoxy) is 3. The molecular formula is C21H29ClF3NO5. The fourth-order valence-corrected chi connectivity index (χ4v) is 4.14. The summed E-state index contributed by atoms with van der Waals surface area (Å²) in [5.74, 6) is -1.33. The molecule has 2 saturated heterocycles. The number of hydrogen-bond donors (Lipinski definition) is 1. The molecular weight excluding hydrogens is 439 g/mol. The van der Waals surface area contributed by atoms with Crippen molar-refractivity contribution < 1.29 is 37.3 Å². The van der Waals surface area contributed by atoms with E-state index >= 15 is 0 Å². The Morgan fingerprint density at radius 3 is 2.42 bits per heavy atom. The summed E-state index contributed by atoms with van der Waals surface area (Å²) in [6, 6.07) is 7.57. The van der Waals surface area contributed by atoms with Gasteiger partial charge in [-0.15, -0.1) is 0 Å². The standard InChI is InChI=1S/C19H28ClNO3.C2HF3O2/c1-22-14-16-15-23-12-8-19(16)6-9-21(10-7-19)11-13-24-18-4-2-17(20)3-5-18;3-2(4,5)1(6)7/h2-5,16H,6-15H2,1H3;(H,6,7). The lowest BCUT2D eigenvalue weighted by molar-refractivity contribution is -0.192. The van der Waals surface area contributed by atoms with E-state index in [9.17, 15) is 13.2 Å². The minimum Gasteiger partial charge on any atom is -0.492 e. The number of alkyl halides is 3. The van der Waals surface area contributed by atoms with Gasteiger partial charge in [-0.1, -0.05) is 11.6 Å². The molecule has 1 atom stereocenters. The Bertz CT molecular complexity index is 677. The Hall–Kier alpha value is -1.55. The third-order valence-electron chi connectivity index (χ3n) is 5.88. The van der Waals surface area contributed by atoms with Crippen LogP contribution in [0, 0.1) is 11.3 Å². The second-order valence-electron chi connectivity index (χ2n) is 7.79. The molecule has 0 radical (unpaired) electrons. The van der Waals surface area contributed by atoms with Crippen molar-refractivity contribution in [1.82, 2.24) is 4.90 Å². The van der Waals surface area contributed by atoms with E-state index in [1.807, 2.05) is 24.3 Å². The minimum atomic E-state index is -5.08. The summed E-state index contributed by atoms with van der Waals surface area (Å²) in [4.78, 5) is 11.4. The molecule has 1 aromatic carbocycles. The van der Waals surface area contributed by atoms with Crippen molar-refractivity contribution in [2.24, 2.45) is 11.3 Å². The van der Waals surface area contributed by atoms with Gasteiger partial charge < -0.3 is 19.3 Å². The number of likely N-dealkylation sites (tertiary alicyclic amines) is 1. The Morgan fingerprint density at radius 2 is 1.87 bits per heavy atom. The molecule has 176 valence electrons. The number of carboxylic acid groups (broad SMARTS) is 1. The first kappa shape index (κ1) is 25.7. The normalized spacial score (nSPS) is 21.3. The van der Waals surface area contributed by atoms with E-state index in [0.717, 1.165) is 56.8 Å². The number of carboxylic acids is 1. The van der Waals surface area contributed by atoms with Crippen molar-refractivity contribution in [3.05, 3.63) is 29.3 Å². The number of carbonyl (C=O) groups is 1. The number of benzene rings is 1. The van der Waals surface area contributed by atoms with Gasteiger partial charge in [0.05, 0.1) is 13.2 Å². The predicted molar refractivity (Wildman–Crippen MR) is 110 cm³/mol. The van der Waals surface area contributed by atoms with Gasteiger partial charge in [-0.25, -0.2) is 4.79 Å². The minimum absolute atomic E-state index is 0.418. The van der Waals surface area contributed by atoms with Crippen LogP contribution in [0.5, 0.6) is 5.75 Å². The van der Waals surface area contributed by atoms with Gasteiger partial charge in [-0.2, -0.15) is 13.2 Å². The van der Waals surface area contributed by atoms with E-state index in [1.165, 1.54) is 19.3 Å². The zero-order valence-corrected chi connectivity index (χ0v) is 18.3. The Morgan fingerprint density at radius 1 is 1.26 bits per heavy atom. The highest BCUT2D eigenvalue weighted by Crippen LogP contribution is 2.44. The smallest absolute Gasteiger partial charge is 0.490 e. The number of aliphatic carboxylic acids is 1. The van der Waals surface area contributed by atoms with Crippen LogP contribution in [0.2, 0.25) is 5.02 Å². The number of methoxy groups -OCH3 is 1. The Labute approximate surface area is 185 Å². The SMILES string of the molecule is COCC1COCCC12CCN(CCOc1ccc(Cl)cc1)CC2.O=C(O)C(F)(F)F. The number of piperidine rings is 1. The Kier molecular flexibility index (Phi) is 9.87. The van der Waals surface area contributed by atoms with Gasteiger partial charge in [-0.05, 0) is 62.0 Å². The predicted octanol–water partition coefficient (Wildman–Crippen LogP) is 4.12. The molecule has 0 amide bonds. The lowest BCUT2D eigenvalue weighted by Gasteiger charge is -2.48. The Balaban J connectivity index is 0.000000423. The van der Waals surface area contributed by atoms with Crippen molar-refractivity contribution in [1.29, 1.82) is 0 Å². The zero-order valence-electron chi connectivity index (χ0n) is 17.5. The van der Waals surface area contributed by atoms with Gasteiger partial charge in [0.25, 0.3) is 0 Å². The van der Waals surface area contributed by atoms with Crippen LogP contribution in [0.15, 0.2) is 24.3 Å². The molecule has 2 fully saturated rings. The molecule has 6 nitrogen and oxygen atoms in total. The highest BCUT2D eigenvalue weighted by Gasteiger charge is 2.43. The van der Waals surface area contributed by atoms with Gasteiger partial charge in [0.1, 0.15) is 12.4 Å². The monoisotopic (exact) mass is 467 g/mol. The molecule has 0 bridgehead atoms. The van der Waals surface area contributed by atoms with Crippen LogP contribution in [0.3, 0.4) is 0 Å². The molecule has 3 rings (SSSR count). The van der Waals surface area contributed by atoms with Gasteiger partial charge in [-0.3, -0.25) is 4.90 Å². The van der Waals surface area contributed by atoms with Crippen LogP contribution in [0.1, 0.15) is 19.3 Å². The van der Waals surface area contributed by atoms with E-state index in [-0.39, 0.29) is 0 Å². The average Bonchev–Trinajstić information content (AvgIpc) is 2.73. The quantitative estimate of drug-likeness (QED) is 0.679. The summed E-state index contributed by atoms with van der Waals surface area (Å²) in [5.41, 5.74) is 0.418. The summed E-state index contributed by atoms with van der Waals surface area (Å²) in [5, 5.41) is 7.87. The van der Waals surface area contributed by atoms with E-state index in [2.05, 4.69) is 4.90 Å². The second-order valence-corrected chi connectivity index (χ2v) is 8.22. The van der Waals surface area contributed by atoms with Crippen LogP contribution in [-0.2, 0) is 14.3 Å². The van der Waals surface area contributed by atoms with Crippen molar-refractivity contribution in [3.63, 3.8) is 0 Å². The van der Waals surface area contributed by atoms with E-state index in [4.69, 9.17) is 35.7 Å². The van der Waals surface area contributed by atoms with E-state index < -0.39 is 12.1 Å². The number of rotatable bonds is 6. The molecule has 1 aromatic rings. The highest BCUT2D eigenvalue weighted by atomic mass is 35.5. The van der Waals surface area contributed by atoms with Gasteiger partial charge in [0.2, 0.25) is 0 Å². The van der Waals surface area contributed by atoms with Crippen LogP contribution >= 0.6 is 11.6 Å². The van der Waals surface area contributed by atoms with Gasteiger partial charge in [0.15, 0.2) is 0 Å². The van der Waals surface area contributed by atoms with Crippen LogP contribution < -0.4 is 4.74 Å². The molecule has 1 spiro atoms. The zero-order chi connectivity index (χ0) is 22.9.